The van der Waals surface area contributed by atoms with E-state index in [4.69, 9.17) is 16.6 Å². The quantitative estimate of drug-likeness (QED) is 0.616. The third-order valence-corrected chi connectivity index (χ3v) is 3.74. The number of carbonyl (C=O) groups is 1. The Bertz CT molecular complexity index is 359. The van der Waals surface area contributed by atoms with E-state index in [1.54, 1.807) is 12.1 Å². The van der Waals surface area contributed by atoms with Gasteiger partial charge < -0.3 is 16.6 Å². The number of aliphatic hydroxyl groups excluding tert-OH is 1. The molecule has 1 atom stereocenters. The third-order valence-electron chi connectivity index (χ3n) is 2.51. The summed E-state index contributed by atoms with van der Waals surface area (Å²) >= 11 is 1.52. The Morgan fingerprint density at radius 1 is 1.35 bits per heavy atom. The van der Waals surface area contributed by atoms with Gasteiger partial charge in [-0.15, -0.1) is 0 Å². The van der Waals surface area contributed by atoms with Crippen molar-refractivity contribution < 1.29 is 9.90 Å². The maximum atomic E-state index is 11.5. The van der Waals surface area contributed by atoms with Crippen molar-refractivity contribution >= 4 is 17.7 Å². The summed E-state index contributed by atoms with van der Waals surface area (Å²) in [5.74, 6) is 0.655. The van der Waals surface area contributed by atoms with Gasteiger partial charge in [0.2, 0.25) is 5.91 Å². The van der Waals surface area contributed by atoms with E-state index in [9.17, 15) is 4.79 Å². The number of carbonyl (C=O) groups excluding carboxylic acids is 1. The zero-order chi connectivity index (χ0) is 12.7. The summed E-state index contributed by atoms with van der Waals surface area (Å²) in [6, 6.07) is 9.13. The van der Waals surface area contributed by atoms with E-state index in [-0.39, 0.29) is 6.61 Å². The first-order valence-electron chi connectivity index (χ1n) is 5.44. The molecule has 5 heteroatoms. The van der Waals surface area contributed by atoms with E-state index in [2.05, 4.69) is 0 Å². The number of primary amides is 1. The van der Waals surface area contributed by atoms with Crippen LogP contribution in [0.15, 0.2) is 30.3 Å². The summed E-state index contributed by atoms with van der Waals surface area (Å²) in [5, 5.41) is 8.69. The molecule has 0 spiro atoms. The zero-order valence-electron chi connectivity index (χ0n) is 9.63. The van der Waals surface area contributed by atoms with Gasteiger partial charge in [0.25, 0.3) is 0 Å². The van der Waals surface area contributed by atoms with Crippen molar-refractivity contribution in [2.75, 3.05) is 18.1 Å². The summed E-state index contributed by atoms with van der Waals surface area (Å²) in [6.07, 6.45) is 0.689. The van der Waals surface area contributed by atoms with Gasteiger partial charge in [-0.05, 0) is 17.7 Å². The van der Waals surface area contributed by atoms with E-state index in [1.807, 2.05) is 18.2 Å². The zero-order valence-corrected chi connectivity index (χ0v) is 10.5. The molecule has 0 saturated heterocycles. The van der Waals surface area contributed by atoms with Crippen LogP contribution in [0.2, 0.25) is 0 Å². The van der Waals surface area contributed by atoms with Gasteiger partial charge in [0.15, 0.2) is 0 Å². The van der Waals surface area contributed by atoms with Gasteiger partial charge in [0.05, 0.1) is 0 Å². The molecule has 0 aliphatic rings. The van der Waals surface area contributed by atoms with Crippen molar-refractivity contribution in [2.45, 2.75) is 12.0 Å². The number of rotatable bonds is 7. The van der Waals surface area contributed by atoms with Crippen LogP contribution in [0.25, 0.3) is 0 Å². The first kappa shape index (κ1) is 14.0. The number of thioether (sulfide) groups is 1. The molecule has 1 aromatic rings. The van der Waals surface area contributed by atoms with E-state index in [1.165, 1.54) is 11.8 Å². The number of hydrogen-bond donors (Lipinski definition) is 3. The molecule has 1 amide bonds. The van der Waals surface area contributed by atoms with Crippen molar-refractivity contribution in [3.63, 3.8) is 0 Å². The minimum Gasteiger partial charge on any atom is -0.396 e. The molecule has 1 aromatic carbocycles. The molecule has 1 unspecified atom stereocenters. The molecule has 0 radical (unpaired) electrons. The Labute approximate surface area is 105 Å². The van der Waals surface area contributed by atoms with Crippen LogP contribution in [0.3, 0.4) is 0 Å². The topological polar surface area (TPSA) is 89.3 Å². The van der Waals surface area contributed by atoms with Gasteiger partial charge in [0.1, 0.15) is 5.54 Å². The molecule has 0 bridgehead atoms. The highest BCUT2D eigenvalue weighted by molar-refractivity contribution is 7.99. The minimum absolute atomic E-state index is 0.145. The van der Waals surface area contributed by atoms with E-state index in [0.717, 1.165) is 11.3 Å². The van der Waals surface area contributed by atoms with Crippen LogP contribution in [0.1, 0.15) is 12.0 Å². The van der Waals surface area contributed by atoms with Crippen molar-refractivity contribution in [2.24, 2.45) is 11.5 Å². The standard InChI is InChI=1S/C12H18N2O2S/c13-11(16)12(14,9-17-8-4-7-15)10-5-2-1-3-6-10/h1-3,5-6,15H,4,7-9,14H2,(H2,13,16). The second-order valence-electron chi connectivity index (χ2n) is 3.83. The Morgan fingerprint density at radius 3 is 2.53 bits per heavy atom. The molecule has 0 fully saturated rings. The molecule has 4 nitrogen and oxygen atoms in total. The molecule has 17 heavy (non-hydrogen) atoms. The molecule has 0 aliphatic heterocycles. The maximum Gasteiger partial charge on any atom is 0.242 e. The second kappa shape index (κ2) is 6.64. The van der Waals surface area contributed by atoms with Crippen molar-refractivity contribution in [3.05, 3.63) is 35.9 Å². The highest BCUT2D eigenvalue weighted by atomic mass is 32.2. The van der Waals surface area contributed by atoms with Crippen LogP contribution >= 0.6 is 11.8 Å². The first-order valence-corrected chi connectivity index (χ1v) is 6.59. The molecule has 0 aliphatic carbocycles. The van der Waals surface area contributed by atoms with Crippen LogP contribution < -0.4 is 11.5 Å². The number of aliphatic hydroxyl groups is 1. The number of amides is 1. The normalized spacial score (nSPS) is 14.2. The predicted octanol–water partition coefficient (Wildman–Crippen LogP) is 0.442. The van der Waals surface area contributed by atoms with E-state index < -0.39 is 11.4 Å². The summed E-state index contributed by atoms with van der Waals surface area (Å²) in [6.45, 7) is 0.145. The van der Waals surface area contributed by atoms with Gasteiger partial charge in [0, 0.05) is 12.4 Å². The summed E-state index contributed by atoms with van der Waals surface area (Å²) in [5.41, 5.74) is 11.1. The van der Waals surface area contributed by atoms with Crippen molar-refractivity contribution in [3.8, 4) is 0 Å². The number of hydrogen-bond acceptors (Lipinski definition) is 4. The lowest BCUT2D eigenvalue weighted by Crippen LogP contribution is -2.51. The Morgan fingerprint density at radius 2 is 2.00 bits per heavy atom. The number of nitrogens with two attached hydrogens (primary N) is 2. The fourth-order valence-corrected chi connectivity index (χ4v) is 2.54. The van der Waals surface area contributed by atoms with Crippen LogP contribution in [-0.2, 0) is 10.3 Å². The SMILES string of the molecule is NC(=O)C(N)(CSCCCO)c1ccccc1. The van der Waals surface area contributed by atoms with Crippen LogP contribution in [0.5, 0.6) is 0 Å². The van der Waals surface area contributed by atoms with Gasteiger partial charge in [-0.25, -0.2) is 0 Å². The van der Waals surface area contributed by atoms with Gasteiger partial charge in [-0.2, -0.15) is 11.8 Å². The minimum atomic E-state index is -1.14. The molecule has 5 N–H and O–H groups in total. The smallest absolute Gasteiger partial charge is 0.242 e. The van der Waals surface area contributed by atoms with Crippen LogP contribution in [-0.4, -0.2) is 29.1 Å². The highest BCUT2D eigenvalue weighted by Gasteiger charge is 2.33. The molecular formula is C12H18N2O2S. The Balaban J connectivity index is 2.73. The molecule has 0 aromatic heterocycles. The van der Waals surface area contributed by atoms with E-state index in [0.29, 0.717) is 12.2 Å². The van der Waals surface area contributed by atoms with Crippen molar-refractivity contribution in [1.29, 1.82) is 0 Å². The van der Waals surface area contributed by atoms with E-state index >= 15 is 0 Å². The molecule has 0 saturated carbocycles. The highest BCUT2D eigenvalue weighted by Crippen LogP contribution is 2.23. The third kappa shape index (κ3) is 3.73. The van der Waals surface area contributed by atoms with Crippen molar-refractivity contribution in [1.82, 2.24) is 0 Å². The average Bonchev–Trinajstić information content (AvgIpc) is 2.35. The van der Waals surface area contributed by atoms with Gasteiger partial charge >= 0.3 is 0 Å². The Hall–Kier alpha value is -1.04. The van der Waals surface area contributed by atoms with Crippen LogP contribution in [0.4, 0.5) is 0 Å². The van der Waals surface area contributed by atoms with Gasteiger partial charge in [-0.3, -0.25) is 4.79 Å². The second-order valence-corrected chi connectivity index (χ2v) is 4.94. The summed E-state index contributed by atoms with van der Waals surface area (Å²) in [4.78, 5) is 11.5. The molecule has 1 rings (SSSR count). The predicted molar refractivity (Wildman–Crippen MR) is 70.5 cm³/mol. The Kier molecular flexibility index (Phi) is 5.47. The average molecular weight is 254 g/mol. The summed E-state index contributed by atoms with van der Waals surface area (Å²) < 4.78 is 0. The fourth-order valence-electron chi connectivity index (χ4n) is 1.43. The first-order chi connectivity index (χ1) is 8.11. The molecular weight excluding hydrogens is 236 g/mol. The lowest BCUT2D eigenvalue weighted by Gasteiger charge is -2.26. The van der Waals surface area contributed by atoms with Gasteiger partial charge in [-0.1, -0.05) is 30.3 Å². The molecule has 0 heterocycles. The maximum absolute atomic E-state index is 11.5. The lowest BCUT2D eigenvalue weighted by atomic mass is 9.92. The van der Waals surface area contributed by atoms with Crippen LogP contribution in [0, 0.1) is 0 Å². The fraction of sp³-hybridized carbons (Fsp3) is 0.417. The molecule has 94 valence electrons. The lowest BCUT2D eigenvalue weighted by molar-refractivity contribution is -0.122. The number of benzene rings is 1. The largest absolute Gasteiger partial charge is 0.396 e. The summed E-state index contributed by atoms with van der Waals surface area (Å²) in [7, 11) is 0. The monoisotopic (exact) mass is 254 g/mol.